The SMILES string of the molecule is COc1ccc([S+](c2ccc(OC)cc2)c2ccc(OC)cc2)cc1.O=S(=O)([O-])c1ccc2ccc3cccc4ccc1c2c34. The molecule has 0 aromatic heterocycles. The van der Waals surface area contributed by atoms with Crippen molar-refractivity contribution in [3.63, 3.8) is 0 Å². The Morgan fingerprint density at radius 3 is 1.27 bits per heavy atom. The lowest BCUT2D eigenvalue weighted by molar-refractivity contribution is 0.414. The van der Waals surface area contributed by atoms with Crippen LogP contribution in [0.1, 0.15) is 0 Å². The predicted molar refractivity (Wildman–Crippen MR) is 179 cm³/mol. The largest absolute Gasteiger partial charge is 0.744 e. The van der Waals surface area contributed by atoms with Crippen LogP contribution in [0.5, 0.6) is 17.2 Å². The van der Waals surface area contributed by atoms with Crippen LogP contribution in [0.4, 0.5) is 0 Å². The number of ether oxygens (including phenoxy) is 3. The topological polar surface area (TPSA) is 84.9 Å². The zero-order valence-electron chi connectivity index (χ0n) is 24.9. The fourth-order valence-electron chi connectivity index (χ4n) is 5.47. The van der Waals surface area contributed by atoms with Gasteiger partial charge in [-0.1, -0.05) is 48.5 Å². The van der Waals surface area contributed by atoms with Crippen LogP contribution in [0.25, 0.3) is 32.3 Å². The van der Waals surface area contributed by atoms with E-state index in [2.05, 4.69) is 36.4 Å². The molecule has 45 heavy (non-hydrogen) atoms. The van der Waals surface area contributed by atoms with Crippen LogP contribution in [-0.2, 0) is 21.0 Å². The molecule has 7 rings (SSSR count). The van der Waals surface area contributed by atoms with E-state index in [0.29, 0.717) is 5.39 Å². The molecule has 0 N–H and O–H groups in total. The zero-order valence-corrected chi connectivity index (χ0v) is 26.5. The maximum atomic E-state index is 11.4. The summed E-state index contributed by atoms with van der Waals surface area (Å²) in [5, 5.41) is 5.38. The molecule has 0 unspecified atom stereocenters. The van der Waals surface area contributed by atoms with Crippen molar-refractivity contribution < 1.29 is 27.2 Å². The standard InChI is InChI=1S/C21H21O3S.C16H10O3S/c1-22-16-4-10-19(11-5-16)25(20-12-6-17(23-2)7-13-20)21-14-8-18(24-3)9-15-21;17-20(18,19)14-9-7-12-5-4-10-2-1-3-11-6-8-13(14)16(12)15(10)11/h4-15H,1-3H3;1-9H,(H,17,18,19)/q+1;/p-1. The van der Waals surface area contributed by atoms with Gasteiger partial charge in [-0.15, -0.1) is 0 Å². The summed E-state index contributed by atoms with van der Waals surface area (Å²) in [6, 6.07) is 41.3. The summed E-state index contributed by atoms with van der Waals surface area (Å²) in [7, 11) is 0.357. The Morgan fingerprint density at radius 2 is 0.867 bits per heavy atom. The van der Waals surface area contributed by atoms with Crippen LogP contribution in [0, 0.1) is 0 Å². The highest BCUT2D eigenvalue weighted by Crippen LogP contribution is 2.37. The molecule has 0 aliphatic carbocycles. The molecule has 226 valence electrons. The number of rotatable bonds is 7. The van der Waals surface area contributed by atoms with Gasteiger partial charge in [0, 0.05) is 5.39 Å². The van der Waals surface area contributed by atoms with Crippen molar-refractivity contribution in [3.05, 3.63) is 127 Å². The van der Waals surface area contributed by atoms with Gasteiger partial charge < -0.3 is 18.8 Å². The molecular weight excluding hydrogens is 605 g/mol. The Hall–Kier alpha value is -4.76. The second-order valence-electron chi connectivity index (χ2n) is 10.2. The number of methoxy groups -OCH3 is 3. The van der Waals surface area contributed by atoms with Crippen molar-refractivity contribution in [2.45, 2.75) is 19.6 Å². The third-order valence-electron chi connectivity index (χ3n) is 7.64. The fourth-order valence-corrected chi connectivity index (χ4v) is 8.19. The van der Waals surface area contributed by atoms with Crippen LogP contribution in [0.3, 0.4) is 0 Å². The van der Waals surface area contributed by atoms with E-state index in [9.17, 15) is 13.0 Å². The smallest absolute Gasteiger partial charge is 0.166 e. The summed E-state index contributed by atoms with van der Waals surface area (Å²) in [4.78, 5) is 3.55. The summed E-state index contributed by atoms with van der Waals surface area (Å²) >= 11 is 0. The molecule has 0 amide bonds. The lowest BCUT2D eigenvalue weighted by atomic mass is 9.94. The Morgan fingerprint density at radius 1 is 0.489 bits per heavy atom. The van der Waals surface area contributed by atoms with Gasteiger partial charge in [-0.25, -0.2) is 8.42 Å². The summed E-state index contributed by atoms with van der Waals surface area (Å²) in [5.41, 5.74) is 0. The van der Waals surface area contributed by atoms with Gasteiger partial charge in [0.2, 0.25) is 0 Å². The molecule has 7 aromatic carbocycles. The minimum Gasteiger partial charge on any atom is -0.744 e. The molecule has 0 aliphatic rings. The predicted octanol–water partition coefficient (Wildman–Crippen LogP) is 8.30. The van der Waals surface area contributed by atoms with Gasteiger partial charge in [0.25, 0.3) is 0 Å². The van der Waals surface area contributed by atoms with Gasteiger partial charge in [0.15, 0.2) is 14.7 Å². The highest BCUT2D eigenvalue weighted by atomic mass is 32.2. The van der Waals surface area contributed by atoms with E-state index >= 15 is 0 Å². The molecule has 6 nitrogen and oxygen atoms in total. The van der Waals surface area contributed by atoms with Crippen LogP contribution < -0.4 is 14.2 Å². The van der Waals surface area contributed by atoms with Gasteiger partial charge in [-0.2, -0.15) is 0 Å². The van der Waals surface area contributed by atoms with Crippen molar-refractivity contribution >= 4 is 53.3 Å². The molecule has 0 saturated heterocycles. The van der Waals surface area contributed by atoms with Gasteiger partial charge in [-0.05, 0) is 106 Å². The van der Waals surface area contributed by atoms with Gasteiger partial charge >= 0.3 is 0 Å². The van der Waals surface area contributed by atoms with Gasteiger partial charge in [-0.3, -0.25) is 0 Å². The van der Waals surface area contributed by atoms with E-state index in [1.807, 2.05) is 72.8 Å². The van der Waals surface area contributed by atoms with Crippen molar-refractivity contribution in [2.75, 3.05) is 21.3 Å². The number of hydrogen-bond acceptors (Lipinski definition) is 6. The Bertz CT molecular complexity index is 2050. The quantitative estimate of drug-likeness (QED) is 0.0997. The lowest BCUT2D eigenvalue weighted by Gasteiger charge is -2.15. The van der Waals surface area contributed by atoms with Gasteiger partial charge in [0.05, 0.1) is 37.1 Å². The van der Waals surface area contributed by atoms with E-state index in [1.54, 1.807) is 33.5 Å². The molecule has 0 spiro atoms. The Kier molecular flexibility index (Phi) is 8.54. The first-order chi connectivity index (χ1) is 21.8. The maximum Gasteiger partial charge on any atom is 0.166 e. The van der Waals surface area contributed by atoms with Crippen molar-refractivity contribution in [1.82, 2.24) is 0 Å². The fraction of sp³-hybridized carbons (Fsp3) is 0.0811. The van der Waals surface area contributed by atoms with Crippen molar-refractivity contribution in [1.29, 1.82) is 0 Å². The first-order valence-electron chi connectivity index (χ1n) is 14.1. The molecule has 0 heterocycles. The number of hydrogen-bond donors (Lipinski definition) is 0. The van der Waals surface area contributed by atoms with E-state index in [1.165, 1.54) is 20.8 Å². The third-order valence-corrected chi connectivity index (χ3v) is 10.8. The van der Waals surface area contributed by atoms with E-state index in [0.717, 1.165) is 44.2 Å². The van der Waals surface area contributed by atoms with E-state index in [-0.39, 0.29) is 15.8 Å². The van der Waals surface area contributed by atoms with Crippen molar-refractivity contribution in [2.24, 2.45) is 0 Å². The van der Waals surface area contributed by atoms with Crippen LogP contribution in [0.2, 0.25) is 0 Å². The minimum absolute atomic E-state index is 0.150. The average molecular weight is 635 g/mol. The molecule has 0 fully saturated rings. The van der Waals surface area contributed by atoms with E-state index < -0.39 is 10.1 Å². The average Bonchev–Trinajstić information content (AvgIpc) is 3.08. The second-order valence-corrected chi connectivity index (χ2v) is 13.6. The Balaban J connectivity index is 0.000000162. The van der Waals surface area contributed by atoms with Crippen LogP contribution in [0.15, 0.2) is 147 Å². The molecule has 7 aromatic rings. The maximum absolute atomic E-state index is 11.4. The summed E-state index contributed by atoms with van der Waals surface area (Å²) in [6.07, 6.45) is 0. The summed E-state index contributed by atoms with van der Waals surface area (Å²) in [6.45, 7) is 0. The Labute approximate surface area is 265 Å². The molecule has 0 saturated carbocycles. The molecule has 0 radical (unpaired) electrons. The highest BCUT2D eigenvalue weighted by Gasteiger charge is 2.29. The van der Waals surface area contributed by atoms with Crippen LogP contribution in [-0.4, -0.2) is 34.3 Å². The molecule has 0 aliphatic heterocycles. The molecule has 0 bridgehead atoms. The first kappa shape index (κ1) is 30.3. The van der Waals surface area contributed by atoms with Crippen LogP contribution >= 0.6 is 0 Å². The minimum atomic E-state index is -4.48. The summed E-state index contributed by atoms with van der Waals surface area (Å²) < 4.78 is 50.1. The third kappa shape index (κ3) is 6.13. The monoisotopic (exact) mass is 634 g/mol. The van der Waals surface area contributed by atoms with E-state index in [4.69, 9.17) is 14.2 Å². The molecule has 8 heteroatoms. The summed E-state index contributed by atoms with van der Waals surface area (Å²) in [5.74, 6) is 2.57. The lowest BCUT2D eigenvalue weighted by Crippen LogP contribution is -2.05. The zero-order chi connectivity index (χ0) is 31.6. The highest BCUT2D eigenvalue weighted by molar-refractivity contribution is 7.97. The van der Waals surface area contributed by atoms with Gasteiger partial charge in [0.1, 0.15) is 27.4 Å². The molecule has 0 atom stereocenters. The number of benzene rings is 7. The van der Waals surface area contributed by atoms with Crippen molar-refractivity contribution in [3.8, 4) is 17.2 Å². The molecular formula is C37H30O6S2. The second kappa shape index (κ2) is 12.7. The normalized spacial score (nSPS) is 11.5. The first-order valence-corrected chi connectivity index (χ1v) is 16.7.